The van der Waals surface area contributed by atoms with Crippen LogP contribution < -0.4 is 0 Å². The van der Waals surface area contributed by atoms with Gasteiger partial charge in [0.15, 0.2) is 5.82 Å². The maximum Gasteiger partial charge on any atom is 0.165 e. The lowest BCUT2D eigenvalue weighted by molar-refractivity contribution is 1.04. The second-order valence-corrected chi connectivity index (χ2v) is 5.54. The first kappa shape index (κ1) is 14.3. The molecule has 0 bridgehead atoms. The van der Waals surface area contributed by atoms with Crippen molar-refractivity contribution < 1.29 is 0 Å². The molecule has 0 radical (unpaired) electrons. The molecule has 0 saturated carbocycles. The molecule has 6 nitrogen and oxygen atoms in total. The Hall–Kier alpha value is -3.28. The maximum absolute atomic E-state index is 4.50. The minimum atomic E-state index is 0.758. The molecule has 3 heterocycles. The monoisotopic (exact) mass is 316 g/mol. The van der Waals surface area contributed by atoms with E-state index in [-0.39, 0.29) is 0 Å². The van der Waals surface area contributed by atoms with Gasteiger partial charge in [-0.2, -0.15) is 0 Å². The summed E-state index contributed by atoms with van der Waals surface area (Å²) in [6.07, 6.45) is 7.18. The van der Waals surface area contributed by atoms with Gasteiger partial charge in [0.1, 0.15) is 11.5 Å². The second kappa shape index (κ2) is 5.73. The fraction of sp³-hybridized carbons (Fsp3) is 0.111. The first-order valence-electron chi connectivity index (χ1n) is 7.66. The van der Waals surface area contributed by atoms with E-state index in [1.54, 1.807) is 18.7 Å². The molecule has 6 heteroatoms. The SMILES string of the molecule is Cc1nccc(-c2cccc(-n3ccnc3-c3nc[nH]c3C)c2)n1. The molecule has 0 aliphatic heterocycles. The molecule has 0 fully saturated rings. The molecule has 0 aliphatic carbocycles. The molecule has 0 saturated heterocycles. The van der Waals surface area contributed by atoms with Gasteiger partial charge in [-0.25, -0.2) is 19.9 Å². The zero-order valence-corrected chi connectivity index (χ0v) is 13.4. The van der Waals surface area contributed by atoms with Crippen molar-refractivity contribution in [2.75, 3.05) is 0 Å². The van der Waals surface area contributed by atoms with Crippen LogP contribution in [0.15, 0.2) is 55.2 Å². The van der Waals surface area contributed by atoms with Crippen LogP contribution in [-0.4, -0.2) is 29.5 Å². The molecule has 4 rings (SSSR count). The highest BCUT2D eigenvalue weighted by Crippen LogP contribution is 2.25. The number of nitrogens with zero attached hydrogens (tertiary/aromatic N) is 5. The Bertz CT molecular complexity index is 998. The van der Waals surface area contributed by atoms with Gasteiger partial charge in [-0.1, -0.05) is 12.1 Å². The van der Waals surface area contributed by atoms with E-state index in [4.69, 9.17) is 0 Å². The molecule has 118 valence electrons. The highest BCUT2D eigenvalue weighted by atomic mass is 15.1. The minimum Gasteiger partial charge on any atom is -0.348 e. The van der Waals surface area contributed by atoms with E-state index in [0.717, 1.165) is 40.0 Å². The fourth-order valence-electron chi connectivity index (χ4n) is 2.70. The van der Waals surface area contributed by atoms with Crippen LogP contribution in [0.1, 0.15) is 11.5 Å². The van der Waals surface area contributed by atoms with Gasteiger partial charge in [0.2, 0.25) is 0 Å². The molecule has 4 aromatic rings. The Morgan fingerprint density at radius 1 is 1.00 bits per heavy atom. The second-order valence-electron chi connectivity index (χ2n) is 5.54. The average molecular weight is 316 g/mol. The Morgan fingerprint density at radius 2 is 1.92 bits per heavy atom. The first-order chi connectivity index (χ1) is 11.7. The zero-order chi connectivity index (χ0) is 16.5. The van der Waals surface area contributed by atoms with Crippen molar-refractivity contribution in [3.05, 3.63) is 66.8 Å². The Morgan fingerprint density at radius 3 is 2.71 bits per heavy atom. The maximum atomic E-state index is 4.50. The summed E-state index contributed by atoms with van der Waals surface area (Å²) in [7, 11) is 0. The number of aromatic amines is 1. The third-order valence-electron chi connectivity index (χ3n) is 3.88. The summed E-state index contributed by atoms with van der Waals surface area (Å²) in [5, 5.41) is 0. The van der Waals surface area contributed by atoms with Crippen LogP contribution in [0.25, 0.3) is 28.5 Å². The number of imidazole rings is 2. The zero-order valence-electron chi connectivity index (χ0n) is 13.4. The first-order valence-corrected chi connectivity index (χ1v) is 7.66. The van der Waals surface area contributed by atoms with Crippen LogP contribution in [-0.2, 0) is 0 Å². The molecular weight excluding hydrogens is 300 g/mol. The number of rotatable bonds is 3. The van der Waals surface area contributed by atoms with E-state index in [9.17, 15) is 0 Å². The van der Waals surface area contributed by atoms with Crippen molar-refractivity contribution in [1.29, 1.82) is 0 Å². The molecule has 3 aromatic heterocycles. The lowest BCUT2D eigenvalue weighted by Crippen LogP contribution is -1.98. The van der Waals surface area contributed by atoms with Crippen LogP contribution in [0.4, 0.5) is 0 Å². The summed E-state index contributed by atoms with van der Waals surface area (Å²) >= 11 is 0. The van der Waals surface area contributed by atoms with E-state index in [2.05, 4.69) is 31.0 Å². The van der Waals surface area contributed by atoms with Gasteiger partial charge in [0.05, 0.1) is 12.0 Å². The van der Waals surface area contributed by atoms with Crippen LogP contribution in [0.2, 0.25) is 0 Å². The van der Waals surface area contributed by atoms with Gasteiger partial charge >= 0.3 is 0 Å². The van der Waals surface area contributed by atoms with Crippen LogP contribution in [0, 0.1) is 13.8 Å². The normalized spacial score (nSPS) is 10.9. The van der Waals surface area contributed by atoms with E-state index < -0.39 is 0 Å². The molecule has 24 heavy (non-hydrogen) atoms. The number of nitrogens with one attached hydrogen (secondary N) is 1. The molecular formula is C18H16N6. The fourth-order valence-corrected chi connectivity index (χ4v) is 2.70. The van der Waals surface area contributed by atoms with Gasteiger partial charge in [-0.05, 0) is 32.0 Å². The quantitative estimate of drug-likeness (QED) is 0.629. The van der Waals surface area contributed by atoms with E-state index >= 15 is 0 Å². The molecule has 1 N–H and O–H groups in total. The molecule has 0 spiro atoms. The van der Waals surface area contributed by atoms with Crippen LogP contribution in [0.5, 0.6) is 0 Å². The molecule has 0 unspecified atom stereocenters. The minimum absolute atomic E-state index is 0.758. The summed E-state index contributed by atoms with van der Waals surface area (Å²) in [6.45, 7) is 3.88. The number of H-pyrrole nitrogens is 1. The third kappa shape index (κ3) is 2.48. The predicted octanol–water partition coefficient (Wildman–Crippen LogP) is 3.34. The van der Waals surface area contributed by atoms with Gasteiger partial charge in [-0.3, -0.25) is 4.57 Å². The number of aryl methyl sites for hydroxylation is 2. The largest absolute Gasteiger partial charge is 0.348 e. The molecule has 0 amide bonds. The van der Waals surface area contributed by atoms with Crippen molar-refractivity contribution in [2.24, 2.45) is 0 Å². The smallest absolute Gasteiger partial charge is 0.165 e. The Labute approximate surface area is 139 Å². The van der Waals surface area contributed by atoms with E-state index in [0.29, 0.717) is 0 Å². The van der Waals surface area contributed by atoms with Gasteiger partial charge in [0, 0.05) is 35.5 Å². The predicted molar refractivity (Wildman–Crippen MR) is 91.6 cm³/mol. The van der Waals surface area contributed by atoms with Crippen LogP contribution in [0.3, 0.4) is 0 Å². The van der Waals surface area contributed by atoms with E-state index in [1.165, 1.54) is 0 Å². The molecule has 1 aromatic carbocycles. The Balaban J connectivity index is 1.81. The lowest BCUT2D eigenvalue weighted by atomic mass is 10.1. The van der Waals surface area contributed by atoms with Crippen molar-refractivity contribution in [2.45, 2.75) is 13.8 Å². The van der Waals surface area contributed by atoms with Crippen molar-refractivity contribution in [3.63, 3.8) is 0 Å². The Kier molecular flexibility index (Phi) is 3.42. The number of hydrogen-bond donors (Lipinski definition) is 1. The van der Waals surface area contributed by atoms with Crippen molar-refractivity contribution in [1.82, 2.24) is 29.5 Å². The highest BCUT2D eigenvalue weighted by molar-refractivity contribution is 5.64. The third-order valence-corrected chi connectivity index (χ3v) is 3.88. The summed E-state index contributed by atoms with van der Waals surface area (Å²) in [5.74, 6) is 1.57. The summed E-state index contributed by atoms with van der Waals surface area (Å²) in [6, 6.07) is 10.1. The van der Waals surface area contributed by atoms with Crippen molar-refractivity contribution in [3.8, 4) is 28.5 Å². The summed E-state index contributed by atoms with van der Waals surface area (Å²) in [4.78, 5) is 20.6. The van der Waals surface area contributed by atoms with Gasteiger partial charge in [-0.15, -0.1) is 0 Å². The summed E-state index contributed by atoms with van der Waals surface area (Å²) in [5.41, 5.74) is 4.80. The number of hydrogen-bond acceptors (Lipinski definition) is 4. The van der Waals surface area contributed by atoms with Gasteiger partial charge < -0.3 is 4.98 Å². The van der Waals surface area contributed by atoms with E-state index in [1.807, 2.05) is 48.9 Å². The van der Waals surface area contributed by atoms with Gasteiger partial charge in [0.25, 0.3) is 0 Å². The molecule has 0 atom stereocenters. The topological polar surface area (TPSA) is 72.3 Å². The standard InChI is InChI=1S/C18H16N6/c1-12-17(22-11-21-12)18-20-8-9-24(18)15-5-3-4-14(10-15)16-6-7-19-13(2)23-16/h3-11H,1-2H3,(H,21,22). The van der Waals surface area contributed by atoms with Crippen molar-refractivity contribution >= 4 is 0 Å². The highest BCUT2D eigenvalue weighted by Gasteiger charge is 2.13. The summed E-state index contributed by atoms with van der Waals surface area (Å²) < 4.78 is 2.03. The average Bonchev–Trinajstić information content (AvgIpc) is 3.23. The lowest BCUT2D eigenvalue weighted by Gasteiger charge is -2.09. The number of benzene rings is 1. The molecule has 0 aliphatic rings. The van der Waals surface area contributed by atoms with Crippen LogP contribution >= 0.6 is 0 Å². The number of aromatic nitrogens is 6.